The van der Waals surface area contributed by atoms with Gasteiger partial charge in [0.25, 0.3) is 0 Å². The van der Waals surface area contributed by atoms with Crippen LogP contribution >= 0.6 is 15.9 Å². The van der Waals surface area contributed by atoms with Crippen LogP contribution in [0.2, 0.25) is 0 Å². The van der Waals surface area contributed by atoms with Gasteiger partial charge in [-0.2, -0.15) is 4.98 Å². The number of ether oxygens (including phenoxy) is 1. The number of nitrogens with one attached hydrogen (secondary N) is 1. The molecule has 2 heterocycles. The van der Waals surface area contributed by atoms with Crippen LogP contribution in [0.4, 0.5) is 11.8 Å². The third kappa shape index (κ3) is 4.78. The highest BCUT2D eigenvalue weighted by Crippen LogP contribution is 2.33. The maximum absolute atomic E-state index is 9.56. The minimum Gasteiger partial charge on any atom is -0.451 e. The Kier molecular flexibility index (Phi) is 6.33. The second-order valence-corrected chi connectivity index (χ2v) is 6.50. The zero-order chi connectivity index (χ0) is 17.7. The lowest BCUT2D eigenvalue weighted by Gasteiger charge is -2.15. The van der Waals surface area contributed by atoms with Gasteiger partial charge in [0.2, 0.25) is 5.95 Å². The number of aromatic nitrogens is 3. The summed E-state index contributed by atoms with van der Waals surface area (Å²) < 4.78 is 6.56. The molecule has 2 aromatic rings. The van der Waals surface area contributed by atoms with E-state index in [1.165, 1.54) is 6.20 Å². The Balaban J connectivity index is 2.18. The highest BCUT2D eigenvalue weighted by atomic mass is 79.9. The van der Waals surface area contributed by atoms with Crippen molar-refractivity contribution < 1.29 is 9.84 Å². The minimum absolute atomic E-state index is 0.223. The van der Waals surface area contributed by atoms with Crippen molar-refractivity contribution >= 4 is 27.7 Å². The van der Waals surface area contributed by atoms with Crippen molar-refractivity contribution in [2.45, 2.75) is 39.2 Å². The zero-order valence-electron chi connectivity index (χ0n) is 14.0. The molecule has 1 unspecified atom stereocenters. The van der Waals surface area contributed by atoms with Gasteiger partial charge < -0.3 is 20.9 Å². The number of rotatable bonds is 7. The van der Waals surface area contributed by atoms with Crippen LogP contribution in [0.15, 0.2) is 23.1 Å². The molecule has 24 heavy (non-hydrogen) atoms. The van der Waals surface area contributed by atoms with Crippen molar-refractivity contribution in [1.82, 2.24) is 15.0 Å². The molecule has 0 radical (unpaired) electrons. The van der Waals surface area contributed by atoms with Gasteiger partial charge in [-0.25, -0.2) is 9.97 Å². The lowest BCUT2D eigenvalue weighted by molar-refractivity contribution is 0.183. The Morgan fingerprint density at radius 2 is 2.04 bits per heavy atom. The quantitative estimate of drug-likeness (QED) is 0.617. The lowest BCUT2D eigenvalue weighted by atomic mass is 10.1. The summed E-state index contributed by atoms with van der Waals surface area (Å²) in [4.78, 5) is 12.6. The summed E-state index contributed by atoms with van der Waals surface area (Å²) in [7, 11) is 0. The fraction of sp³-hybridized carbons (Fsp3) is 0.438. The molecule has 0 amide bonds. The molecule has 1 atom stereocenters. The summed E-state index contributed by atoms with van der Waals surface area (Å²) in [5.41, 5.74) is 6.93. The molecule has 0 spiro atoms. The summed E-state index contributed by atoms with van der Waals surface area (Å²) >= 11 is 3.34. The van der Waals surface area contributed by atoms with Crippen LogP contribution in [0, 0.1) is 0 Å². The molecule has 8 heteroatoms. The Labute approximate surface area is 149 Å². The van der Waals surface area contributed by atoms with Gasteiger partial charge in [-0.15, -0.1) is 0 Å². The molecule has 0 saturated carbocycles. The maximum Gasteiger partial charge on any atom is 0.224 e. The third-order valence-corrected chi connectivity index (χ3v) is 3.89. The normalized spacial score (nSPS) is 12.2. The summed E-state index contributed by atoms with van der Waals surface area (Å²) in [5, 5.41) is 12.5. The number of hydrogen-bond donors (Lipinski definition) is 3. The van der Waals surface area contributed by atoms with Crippen LogP contribution in [0.1, 0.15) is 38.7 Å². The molecule has 2 aromatic heterocycles. The molecule has 4 N–H and O–H groups in total. The highest BCUT2D eigenvalue weighted by Gasteiger charge is 2.13. The van der Waals surface area contributed by atoms with Gasteiger partial charge in [-0.1, -0.05) is 20.8 Å². The summed E-state index contributed by atoms with van der Waals surface area (Å²) in [6.45, 7) is 6.38. The molecule has 130 valence electrons. The fourth-order valence-corrected chi connectivity index (χ4v) is 2.28. The van der Waals surface area contributed by atoms with Gasteiger partial charge in [-0.05, 0) is 28.3 Å². The van der Waals surface area contributed by atoms with E-state index in [9.17, 15) is 5.11 Å². The molecule has 0 bridgehead atoms. The van der Waals surface area contributed by atoms with Crippen LogP contribution in [0.3, 0.4) is 0 Å². The second kappa shape index (κ2) is 8.25. The topological polar surface area (TPSA) is 106 Å². The van der Waals surface area contributed by atoms with Gasteiger partial charge >= 0.3 is 0 Å². The van der Waals surface area contributed by atoms with Gasteiger partial charge in [-0.3, -0.25) is 0 Å². The van der Waals surface area contributed by atoms with E-state index in [0.29, 0.717) is 35.0 Å². The first-order valence-corrected chi connectivity index (χ1v) is 8.57. The first kappa shape index (κ1) is 18.4. The van der Waals surface area contributed by atoms with Gasteiger partial charge in [0.05, 0.1) is 12.3 Å². The summed E-state index contributed by atoms with van der Waals surface area (Å²) in [6.07, 6.45) is 3.48. The van der Waals surface area contributed by atoms with E-state index in [2.05, 4.69) is 50.0 Å². The molecule has 7 nitrogen and oxygen atoms in total. The van der Waals surface area contributed by atoms with E-state index in [-0.39, 0.29) is 11.7 Å². The number of hydrogen-bond acceptors (Lipinski definition) is 7. The van der Waals surface area contributed by atoms with Crippen molar-refractivity contribution in [2.24, 2.45) is 0 Å². The van der Waals surface area contributed by atoms with E-state index in [4.69, 9.17) is 10.5 Å². The molecule has 0 aromatic carbocycles. The Morgan fingerprint density at radius 3 is 2.67 bits per heavy atom. The molecule has 0 aliphatic rings. The number of nitrogens with zero attached hydrogens (tertiary/aromatic N) is 3. The molecular formula is C16H22BrN5O2. The zero-order valence-corrected chi connectivity index (χ0v) is 15.5. The highest BCUT2D eigenvalue weighted by molar-refractivity contribution is 9.10. The van der Waals surface area contributed by atoms with Crippen molar-refractivity contribution in [2.75, 3.05) is 17.6 Å². The standard InChI is InChI=1S/C16H22BrN5O2/c1-4-10(23)6-20-16-21-8-13(15(18)22-16)24-12-5-14(17)19-7-11(12)9(2)3/h5,7-10,23H,4,6H2,1-3H3,(H3,18,20,21,22). The van der Waals surface area contributed by atoms with E-state index in [1.54, 1.807) is 12.3 Å². The predicted octanol–water partition coefficient (Wildman–Crippen LogP) is 3.31. The first-order chi connectivity index (χ1) is 11.4. The van der Waals surface area contributed by atoms with Crippen LogP contribution in [-0.4, -0.2) is 32.7 Å². The molecule has 0 aliphatic carbocycles. The van der Waals surface area contributed by atoms with Crippen molar-refractivity contribution in [3.8, 4) is 11.5 Å². The summed E-state index contributed by atoms with van der Waals surface area (Å²) in [5.74, 6) is 1.86. The second-order valence-electron chi connectivity index (χ2n) is 5.69. The SMILES string of the molecule is CCC(O)CNc1ncc(Oc2cc(Br)ncc2C(C)C)c(N)n1. The van der Waals surface area contributed by atoms with Crippen molar-refractivity contribution in [3.05, 3.63) is 28.6 Å². The van der Waals surface area contributed by atoms with Crippen molar-refractivity contribution in [1.29, 1.82) is 0 Å². The van der Waals surface area contributed by atoms with Crippen LogP contribution < -0.4 is 15.8 Å². The summed E-state index contributed by atoms with van der Waals surface area (Å²) in [6, 6.07) is 1.79. The molecular weight excluding hydrogens is 374 g/mol. The van der Waals surface area contributed by atoms with E-state index in [0.717, 1.165) is 5.56 Å². The van der Waals surface area contributed by atoms with E-state index >= 15 is 0 Å². The van der Waals surface area contributed by atoms with E-state index < -0.39 is 6.10 Å². The number of nitrogen functional groups attached to an aromatic ring is 1. The molecule has 2 rings (SSSR count). The molecule has 0 fully saturated rings. The van der Waals surface area contributed by atoms with Crippen molar-refractivity contribution in [3.63, 3.8) is 0 Å². The van der Waals surface area contributed by atoms with Gasteiger partial charge in [0, 0.05) is 24.4 Å². The number of aliphatic hydroxyl groups excluding tert-OH is 1. The largest absolute Gasteiger partial charge is 0.451 e. The van der Waals surface area contributed by atoms with Crippen LogP contribution in [0.25, 0.3) is 0 Å². The number of anilines is 2. The van der Waals surface area contributed by atoms with Gasteiger partial charge in [0.1, 0.15) is 10.4 Å². The monoisotopic (exact) mass is 395 g/mol. The van der Waals surface area contributed by atoms with E-state index in [1.807, 2.05) is 6.92 Å². The van der Waals surface area contributed by atoms with Crippen LogP contribution in [-0.2, 0) is 0 Å². The first-order valence-electron chi connectivity index (χ1n) is 7.78. The number of nitrogens with two attached hydrogens (primary N) is 1. The average molecular weight is 396 g/mol. The smallest absolute Gasteiger partial charge is 0.224 e. The third-order valence-electron chi connectivity index (χ3n) is 3.45. The molecule has 0 saturated heterocycles. The molecule has 0 aliphatic heterocycles. The lowest BCUT2D eigenvalue weighted by Crippen LogP contribution is -2.19. The van der Waals surface area contributed by atoms with Crippen LogP contribution in [0.5, 0.6) is 11.5 Å². The minimum atomic E-state index is -0.450. The Bertz CT molecular complexity index is 696. The van der Waals surface area contributed by atoms with Gasteiger partial charge in [0.15, 0.2) is 11.6 Å². The number of aliphatic hydroxyl groups is 1. The number of halogens is 1. The number of pyridine rings is 1. The maximum atomic E-state index is 9.56. The average Bonchev–Trinajstić information content (AvgIpc) is 2.54. The predicted molar refractivity (Wildman–Crippen MR) is 97.3 cm³/mol. The fourth-order valence-electron chi connectivity index (χ4n) is 1.97. The Morgan fingerprint density at radius 1 is 1.29 bits per heavy atom. The Hall–Kier alpha value is -1.93.